The van der Waals surface area contributed by atoms with Gasteiger partial charge in [0.15, 0.2) is 5.69 Å². The Hall–Kier alpha value is -2.21. The molecule has 1 fully saturated rings. The van der Waals surface area contributed by atoms with Gasteiger partial charge in [0.05, 0.1) is 18.3 Å². The minimum Gasteiger partial charge on any atom is -0.344 e. The molecule has 2 aromatic rings. The van der Waals surface area contributed by atoms with Gasteiger partial charge in [0.2, 0.25) is 0 Å². The lowest BCUT2D eigenvalue weighted by Gasteiger charge is -2.23. The van der Waals surface area contributed by atoms with Crippen molar-refractivity contribution in [1.82, 2.24) is 25.6 Å². The van der Waals surface area contributed by atoms with Crippen molar-refractivity contribution in [3.8, 4) is 0 Å². The highest BCUT2D eigenvalue weighted by Crippen LogP contribution is 2.23. The van der Waals surface area contributed by atoms with E-state index in [1.807, 2.05) is 4.68 Å². The first kappa shape index (κ1) is 19.5. The molecule has 2 N–H and O–H groups in total. The monoisotopic (exact) mass is 369 g/mol. The van der Waals surface area contributed by atoms with Crippen LogP contribution in [0.2, 0.25) is 0 Å². The van der Waals surface area contributed by atoms with E-state index in [2.05, 4.69) is 66.0 Å². The second-order valence-electron chi connectivity index (χ2n) is 7.75. The van der Waals surface area contributed by atoms with E-state index in [1.165, 1.54) is 5.56 Å². The lowest BCUT2D eigenvalue weighted by atomic mass is 9.94. The van der Waals surface area contributed by atoms with E-state index < -0.39 is 0 Å². The maximum absolute atomic E-state index is 12.8. The molecule has 1 unspecified atom stereocenters. The number of hydrogen-bond donors (Lipinski definition) is 2. The SMILES string of the molecule is CCCc1ccc(C(NC(=O)c2cn(C3CCNCC3)nn2)C(C)C)cc1. The van der Waals surface area contributed by atoms with Gasteiger partial charge in [0.25, 0.3) is 5.91 Å². The molecule has 1 saturated heterocycles. The summed E-state index contributed by atoms with van der Waals surface area (Å²) < 4.78 is 1.85. The Morgan fingerprint density at radius 3 is 2.59 bits per heavy atom. The summed E-state index contributed by atoms with van der Waals surface area (Å²) in [4.78, 5) is 12.8. The molecule has 0 aliphatic carbocycles. The predicted octanol–water partition coefficient (Wildman–Crippen LogP) is 3.28. The van der Waals surface area contributed by atoms with E-state index in [9.17, 15) is 4.79 Å². The van der Waals surface area contributed by atoms with Crippen molar-refractivity contribution >= 4 is 5.91 Å². The summed E-state index contributed by atoms with van der Waals surface area (Å²) >= 11 is 0. The first-order valence-electron chi connectivity index (χ1n) is 10.1. The lowest BCUT2D eigenvalue weighted by Crippen LogP contribution is -2.32. The molecular formula is C21H31N5O. The molecule has 0 bridgehead atoms. The standard InChI is InChI=1S/C21H31N5O/c1-4-5-16-6-8-17(9-7-16)20(15(2)3)23-21(27)19-14-26(25-24-19)18-10-12-22-13-11-18/h6-9,14-15,18,20,22H,4-5,10-13H2,1-3H3,(H,23,27). The average molecular weight is 370 g/mol. The van der Waals surface area contributed by atoms with Gasteiger partial charge in [-0.2, -0.15) is 0 Å². The fraction of sp³-hybridized carbons (Fsp3) is 0.571. The Bertz CT molecular complexity index is 731. The molecule has 1 aliphatic heterocycles. The third-order valence-electron chi connectivity index (χ3n) is 5.26. The quantitative estimate of drug-likeness (QED) is 0.786. The molecule has 0 radical (unpaired) electrons. The zero-order valence-corrected chi connectivity index (χ0v) is 16.6. The van der Waals surface area contributed by atoms with E-state index in [0.29, 0.717) is 11.7 Å². The third-order valence-corrected chi connectivity index (χ3v) is 5.26. The van der Waals surface area contributed by atoms with Gasteiger partial charge in [-0.05, 0) is 49.4 Å². The van der Waals surface area contributed by atoms with Crippen LogP contribution in [0.5, 0.6) is 0 Å². The molecule has 146 valence electrons. The number of piperidine rings is 1. The summed E-state index contributed by atoms with van der Waals surface area (Å²) in [6.07, 6.45) is 6.04. The summed E-state index contributed by atoms with van der Waals surface area (Å²) in [5.41, 5.74) is 2.85. The minimum atomic E-state index is -0.161. The summed E-state index contributed by atoms with van der Waals surface area (Å²) in [5, 5.41) is 14.8. The van der Waals surface area contributed by atoms with Crippen molar-refractivity contribution in [3.05, 3.63) is 47.3 Å². The predicted molar refractivity (Wildman–Crippen MR) is 107 cm³/mol. The van der Waals surface area contributed by atoms with Gasteiger partial charge >= 0.3 is 0 Å². The number of aromatic nitrogens is 3. The highest BCUT2D eigenvalue weighted by Gasteiger charge is 2.22. The van der Waals surface area contributed by atoms with Gasteiger partial charge in [0.1, 0.15) is 0 Å². The van der Waals surface area contributed by atoms with Crippen LogP contribution in [0.1, 0.15) is 73.7 Å². The number of aryl methyl sites for hydroxylation is 1. The van der Waals surface area contributed by atoms with Gasteiger partial charge in [-0.15, -0.1) is 5.10 Å². The Balaban J connectivity index is 1.69. The van der Waals surface area contributed by atoms with E-state index in [-0.39, 0.29) is 17.9 Å². The highest BCUT2D eigenvalue weighted by molar-refractivity contribution is 5.92. The van der Waals surface area contributed by atoms with E-state index in [4.69, 9.17) is 0 Å². The summed E-state index contributed by atoms with van der Waals surface area (Å²) in [7, 11) is 0. The van der Waals surface area contributed by atoms with Crippen LogP contribution in [-0.2, 0) is 6.42 Å². The average Bonchev–Trinajstić information content (AvgIpc) is 3.18. The maximum Gasteiger partial charge on any atom is 0.273 e. The van der Waals surface area contributed by atoms with Crippen molar-refractivity contribution in [2.45, 2.75) is 58.5 Å². The number of carbonyl (C=O) groups is 1. The van der Waals surface area contributed by atoms with Crippen molar-refractivity contribution in [2.24, 2.45) is 5.92 Å². The van der Waals surface area contributed by atoms with Gasteiger partial charge in [0, 0.05) is 0 Å². The summed E-state index contributed by atoms with van der Waals surface area (Å²) in [6, 6.07) is 8.86. The molecule has 1 aromatic heterocycles. The van der Waals surface area contributed by atoms with Crippen LogP contribution >= 0.6 is 0 Å². The Kier molecular flexibility index (Phi) is 6.61. The Morgan fingerprint density at radius 1 is 1.26 bits per heavy atom. The maximum atomic E-state index is 12.8. The highest BCUT2D eigenvalue weighted by atomic mass is 16.2. The van der Waals surface area contributed by atoms with Crippen LogP contribution in [0.25, 0.3) is 0 Å². The van der Waals surface area contributed by atoms with E-state index in [0.717, 1.165) is 44.3 Å². The van der Waals surface area contributed by atoms with Crippen molar-refractivity contribution in [3.63, 3.8) is 0 Å². The van der Waals surface area contributed by atoms with Crippen LogP contribution in [0.4, 0.5) is 0 Å². The zero-order chi connectivity index (χ0) is 19.2. The fourth-order valence-corrected chi connectivity index (χ4v) is 3.66. The van der Waals surface area contributed by atoms with Crippen LogP contribution in [0, 0.1) is 5.92 Å². The molecule has 1 aliphatic rings. The van der Waals surface area contributed by atoms with Gasteiger partial charge in [-0.25, -0.2) is 4.68 Å². The Labute approximate surface area is 161 Å². The summed E-state index contributed by atoms with van der Waals surface area (Å²) in [6.45, 7) is 8.39. The number of rotatable bonds is 7. The van der Waals surface area contributed by atoms with Crippen LogP contribution < -0.4 is 10.6 Å². The Morgan fingerprint density at radius 2 is 1.96 bits per heavy atom. The van der Waals surface area contributed by atoms with Crippen molar-refractivity contribution < 1.29 is 4.79 Å². The normalized spacial score (nSPS) is 16.4. The molecule has 1 amide bonds. The first-order valence-corrected chi connectivity index (χ1v) is 10.1. The topological polar surface area (TPSA) is 71.8 Å². The molecule has 1 aromatic carbocycles. The number of amides is 1. The van der Waals surface area contributed by atoms with Crippen molar-refractivity contribution in [1.29, 1.82) is 0 Å². The number of nitrogens with zero attached hydrogens (tertiary/aromatic N) is 3. The lowest BCUT2D eigenvalue weighted by molar-refractivity contribution is 0.0920. The number of hydrogen-bond acceptors (Lipinski definition) is 4. The van der Waals surface area contributed by atoms with E-state index >= 15 is 0 Å². The molecule has 3 rings (SSSR count). The minimum absolute atomic E-state index is 0.0443. The molecule has 0 saturated carbocycles. The first-order chi connectivity index (χ1) is 13.1. The second kappa shape index (κ2) is 9.13. The van der Waals surface area contributed by atoms with Crippen molar-refractivity contribution in [2.75, 3.05) is 13.1 Å². The third kappa shape index (κ3) is 4.95. The molecule has 2 heterocycles. The molecule has 27 heavy (non-hydrogen) atoms. The van der Waals surface area contributed by atoms with Gasteiger partial charge < -0.3 is 10.6 Å². The smallest absolute Gasteiger partial charge is 0.273 e. The van der Waals surface area contributed by atoms with Crippen LogP contribution in [0.15, 0.2) is 30.5 Å². The number of benzene rings is 1. The molecule has 6 nitrogen and oxygen atoms in total. The van der Waals surface area contributed by atoms with E-state index in [1.54, 1.807) is 6.20 Å². The largest absolute Gasteiger partial charge is 0.344 e. The molecule has 6 heteroatoms. The fourth-order valence-electron chi connectivity index (χ4n) is 3.66. The number of nitrogens with one attached hydrogen (secondary N) is 2. The van der Waals surface area contributed by atoms with Crippen LogP contribution in [0.3, 0.4) is 0 Å². The van der Waals surface area contributed by atoms with Crippen LogP contribution in [-0.4, -0.2) is 34.0 Å². The van der Waals surface area contributed by atoms with Gasteiger partial charge in [-0.1, -0.05) is 56.7 Å². The summed E-state index contributed by atoms with van der Waals surface area (Å²) in [5.74, 6) is 0.122. The zero-order valence-electron chi connectivity index (χ0n) is 16.6. The number of carbonyl (C=O) groups excluding carboxylic acids is 1. The second-order valence-corrected chi connectivity index (χ2v) is 7.75. The molecule has 0 spiro atoms. The van der Waals surface area contributed by atoms with Gasteiger partial charge in [-0.3, -0.25) is 4.79 Å². The molecular weight excluding hydrogens is 338 g/mol. The molecule has 1 atom stereocenters.